The average Bonchev–Trinajstić information content (AvgIpc) is 2.41. The summed E-state index contributed by atoms with van der Waals surface area (Å²) in [5.74, 6) is 1.72. The molecule has 0 amide bonds. The van der Waals surface area contributed by atoms with Crippen LogP contribution >= 0.6 is 0 Å². The summed E-state index contributed by atoms with van der Waals surface area (Å²) < 4.78 is 5.20. The summed E-state index contributed by atoms with van der Waals surface area (Å²) in [6.07, 6.45) is 4.51. The Hall–Kier alpha value is -1.76. The second-order valence-corrected chi connectivity index (χ2v) is 5.37. The fraction of sp³-hybridized carbons (Fsp3) is 0.333. The summed E-state index contributed by atoms with van der Waals surface area (Å²) in [5, 5.41) is 0. The fourth-order valence-electron chi connectivity index (χ4n) is 2.61. The van der Waals surface area contributed by atoms with E-state index in [1.165, 1.54) is 22.3 Å². The maximum absolute atomic E-state index is 5.20. The van der Waals surface area contributed by atoms with Crippen LogP contribution in [0.5, 0.6) is 5.75 Å². The van der Waals surface area contributed by atoms with Gasteiger partial charge in [-0.25, -0.2) is 0 Å². The highest BCUT2D eigenvalue weighted by molar-refractivity contribution is 5.52. The molecule has 0 aliphatic heterocycles. The van der Waals surface area contributed by atoms with Gasteiger partial charge in [0, 0.05) is 5.92 Å². The second-order valence-electron chi connectivity index (χ2n) is 5.37. The van der Waals surface area contributed by atoms with Crippen molar-refractivity contribution in [3.63, 3.8) is 0 Å². The van der Waals surface area contributed by atoms with E-state index in [0.717, 1.165) is 5.75 Å². The molecule has 1 nitrogen and oxygen atoms in total. The molecule has 1 aliphatic rings. The standard InChI is InChI=1S/C18H22O/c1-12(2)17-10-11-18(14(4)13(17)3)15-6-8-16(19-5)9-7-15/h6-12,18H,4H2,1-3,5H3. The smallest absolute Gasteiger partial charge is 0.118 e. The van der Waals surface area contributed by atoms with Gasteiger partial charge in [0.1, 0.15) is 5.75 Å². The lowest BCUT2D eigenvalue weighted by molar-refractivity contribution is 0.414. The molecule has 0 saturated carbocycles. The van der Waals surface area contributed by atoms with Gasteiger partial charge in [-0.2, -0.15) is 0 Å². The normalized spacial score (nSPS) is 19.2. The Morgan fingerprint density at radius 3 is 2.32 bits per heavy atom. The minimum atomic E-state index is 0.286. The number of hydrogen-bond donors (Lipinski definition) is 0. The van der Waals surface area contributed by atoms with Gasteiger partial charge in [0.25, 0.3) is 0 Å². The van der Waals surface area contributed by atoms with Gasteiger partial charge in [-0.1, -0.05) is 44.7 Å². The van der Waals surface area contributed by atoms with Crippen LogP contribution in [0.1, 0.15) is 32.3 Å². The van der Waals surface area contributed by atoms with Crippen LogP contribution in [-0.2, 0) is 0 Å². The lowest BCUT2D eigenvalue weighted by atomic mass is 9.79. The molecule has 0 heterocycles. The van der Waals surface area contributed by atoms with Crippen molar-refractivity contribution < 1.29 is 4.74 Å². The fourth-order valence-corrected chi connectivity index (χ4v) is 2.61. The van der Waals surface area contributed by atoms with Gasteiger partial charge in [-0.15, -0.1) is 0 Å². The summed E-state index contributed by atoms with van der Waals surface area (Å²) in [6, 6.07) is 8.25. The van der Waals surface area contributed by atoms with E-state index >= 15 is 0 Å². The van der Waals surface area contributed by atoms with Gasteiger partial charge in [0.15, 0.2) is 0 Å². The summed E-state index contributed by atoms with van der Waals surface area (Å²) in [5.41, 5.74) is 5.20. The topological polar surface area (TPSA) is 9.23 Å². The average molecular weight is 254 g/mol. The van der Waals surface area contributed by atoms with Gasteiger partial charge in [-0.3, -0.25) is 0 Å². The highest BCUT2D eigenvalue weighted by Crippen LogP contribution is 2.37. The SMILES string of the molecule is C=C1C(C)=C(C(C)C)C=CC1c1ccc(OC)cc1. The lowest BCUT2D eigenvalue weighted by Crippen LogP contribution is -2.08. The van der Waals surface area contributed by atoms with Gasteiger partial charge >= 0.3 is 0 Å². The van der Waals surface area contributed by atoms with Crippen molar-refractivity contribution in [3.8, 4) is 5.75 Å². The third kappa shape index (κ3) is 2.65. The van der Waals surface area contributed by atoms with Crippen LogP contribution < -0.4 is 4.74 Å². The van der Waals surface area contributed by atoms with Crippen LogP contribution in [0.15, 0.2) is 59.7 Å². The maximum Gasteiger partial charge on any atom is 0.118 e. The number of benzene rings is 1. The third-order valence-corrected chi connectivity index (χ3v) is 3.86. The van der Waals surface area contributed by atoms with Crippen LogP contribution in [0.4, 0.5) is 0 Å². The first-order chi connectivity index (χ1) is 9.04. The zero-order valence-electron chi connectivity index (χ0n) is 12.2. The van der Waals surface area contributed by atoms with E-state index in [9.17, 15) is 0 Å². The van der Waals surface area contributed by atoms with Crippen molar-refractivity contribution >= 4 is 0 Å². The molecule has 0 spiro atoms. The zero-order valence-corrected chi connectivity index (χ0v) is 12.2. The van der Waals surface area contributed by atoms with Crippen molar-refractivity contribution in [2.24, 2.45) is 5.92 Å². The van der Waals surface area contributed by atoms with E-state index < -0.39 is 0 Å². The zero-order chi connectivity index (χ0) is 14.0. The van der Waals surface area contributed by atoms with Crippen LogP contribution in [-0.4, -0.2) is 7.11 Å². The Kier molecular flexibility index (Phi) is 3.94. The molecule has 1 aliphatic carbocycles. The van der Waals surface area contributed by atoms with E-state index in [4.69, 9.17) is 4.74 Å². The highest BCUT2D eigenvalue weighted by Gasteiger charge is 2.20. The van der Waals surface area contributed by atoms with Crippen molar-refractivity contribution in [2.75, 3.05) is 7.11 Å². The van der Waals surface area contributed by atoms with E-state index in [1.807, 2.05) is 12.1 Å². The Morgan fingerprint density at radius 1 is 1.16 bits per heavy atom. The van der Waals surface area contributed by atoms with E-state index in [2.05, 4.69) is 51.6 Å². The predicted octanol–water partition coefficient (Wildman–Crippen LogP) is 4.88. The molecule has 1 atom stereocenters. The van der Waals surface area contributed by atoms with E-state index in [0.29, 0.717) is 5.92 Å². The van der Waals surface area contributed by atoms with Crippen LogP contribution in [0.3, 0.4) is 0 Å². The summed E-state index contributed by atoms with van der Waals surface area (Å²) in [4.78, 5) is 0. The molecule has 1 unspecified atom stereocenters. The second kappa shape index (κ2) is 5.48. The molecule has 100 valence electrons. The first-order valence-corrected chi connectivity index (χ1v) is 6.76. The Labute approximate surface area is 116 Å². The Balaban J connectivity index is 2.29. The molecule has 0 bridgehead atoms. The van der Waals surface area contributed by atoms with Gasteiger partial charge in [0.2, 0.25) is 0 Å². The maximum atomic E-state index is 5.20. The van der Waals surface area contributed by atoms with Crippen molar-refractivity contribution in [3.05, 3.63) is 65.3 Å². The van der Waals surface area contributed by atoms with Crippen molar-refractivity contribution in [1.82, 2.24) is 0 Å². The molecule has 0 radical (unpaired) electrons. The predicted molar refractivity (Wildman–Crippen MR) is 81.6 cm³/mol. The number of ether oxygens (including phenoxy) is 1. The number of rotatable bonds is 3. The molecule has 19 heavy (non-hydrogen) atoms. The first-order valence-electron chi connectivity index (χ1n) is 6.76. The molecule has 0 N–H and O–H groups in total. The van der Waals surface area contributed by atoms with Crippen LogP contribution in [0.25, 0.3) is 0 Å². The molecule has 0 fully saturated rings. The number of methoxy groups -OCH3 is 1. The molecule has 2 rings (SSSR count). The third-order valence-electron chi connectivity index (χ3n) is 3.86. The molecule has 1 aromatic carbocycles. The molecule has 1 aromatic rings. The number of allylic oxidation sites excluding steroid dienone is 5. The number of hydrogen-bond acceptors (Lipinski definition) is 1. The molecular weight excluding hydrogens is 232 g/mol. The first kappa shape index (κ1) is 13.7. The molecule has 1 heteroatoms. The Morgan fingerprint density at radius 2 is 1.79 bits per heavy atom. The van der Waals surface area contributed by atoms with E-state index in [-0.39, 0.29) is 5.92 Å². The molecular formula is C18H22O. The molecule has 0 saturated heterocycles. The highest BCUT2D eigenvalue weighted by atomic mass is 16.5. The Bertz CT molecular complexity index is 529. The quantitative estimate of drug-likeness (QED) is 0.747. The molecule has 0 aromatic heterocycles. The minimum Gasteiger partial charge on any atom is -0.497 e. The minimum absolute atomic E-state index is 0.286. The van der Waals surface area contributed by atoms with Crippen molar-refractivity contribution in [2.45, 2.75) is 26.7 Å². The van der Waals surface area contributed by atoms with Gasteiger partial charge in [-0.05, 0) is 47.3 Å². The summed E-state index contributed by atoms with van der Waals surface area (Å²) in [6.45, 7) is 10.9. The largest absolute Gasteiger partial charge is 0.497 e. The van der Waals surface area contributed by atoms with Gasteiger partial charge in [0.05, 0.1) is 7.11 Å². The van der Waals surface area contributed by atoms with Crippen LogP contribution in [0.2, 0.25) is 0 Å². The lowest BCUT2D eigenvalue weighted by Gasteiger charge is -2.25. The summed E-state index contributed by atoms with van der Waals surface area (Å²) >= 11 is 0. The van der Waals surface area contributed by atoms with Gasteiger partial charge < -0.3 is 4.74 Å². The monoisotopic (exact) mass is 254 g/mol. The van der Waals surface area contributed by atoms with E-state index in [1.54, 1.807) is 7.11 Å². The van der Waals surface area contributed by atoms with Crippen molar-refractivity contribution in [1.29, 1.82) is 0 Å². The van der Waals surface area contributed by atoms with Crippen LogP contribution in [0, 0.1) is 5.92 Å². The summed E-state index contributed by atoms with van der Waals surface area (Å²) in [7, 11) is 1.69.